The van der Waals surface area contributed by atoms with Gasteiger partial charge in [-0.15, -0.1) is 0 Å². The average molecular weight is 418 g/mol. The number of ether oxygens (including phenoxy) is 1. The first kappa shape index (κ1) is 26.6. The van der Waals surface area contributed by atoms with Crippen molar-refractivity contribution < 1.29 is 23.9 Å². The Morgan fingerprint density at radius 2 is 1.61 bits per heavy atom. The van der Waals surface area contributed by atoms with Crippen molar-refractivity contribution in [3.8, 4) is 0 Å². The summed E-state index contributed by atoms with van der Waals surface area (Å²) in [7, 11) is 1.29. The van der Waals surface area contributed by atoms with E-state index in [1.54, 1.807) is 20.8 Å². The summed E-state index contributed by atoms with van der Waals surface area (Å²) in [6, 6.07) is -1.53. The van der Waals surface area contributed by atoms with E-state index in [1.807, 2.05) is 20.8 Å². The van der Waals surface area contributed by atoms with Gasteiger partial charge in [0.2, 0.25) is 11.0 Å². The van der Waals surface area contributed by atoms with Crippen molar-refractivity contribution in [1.29, 1.82) is 0 Å². The Balaban J connectivity index is 5.36. The quantitative estimate of drug-likeness (QED) is 0.450. The van der Waals surface area contributed by atoms with Crippen molar-refractivity contribution >= 4 is 34.5 Å². The molecule has 0 aliphatic rings. The number of carbonyl (C=O) groups excluding carboxylic acids is 4. The maximum absolute atomic E-state index is 12.9. The topological polar surface area (TPSA) is 128 Å². The number of hydrogen-bond acceptors (Lipinski definition) is 8. The lowest BCUT2D eigenvalue weighted by atomic mass is 9.87. The maximum atomic E-state index is 12.9. The molecular weight excluding hydrogens is 382 g/mol. The standard InChI is InChI=1S/C19H35N3O5S/c1-18(2,3)16(25)13(11-28-15(24)10-20)21-17(26)12(22-19(4,5)6)8-9-14(23)27-7/h12-13,22H,8-11,20H2,1-7H3,(H,21,26)/t12-,13?/m0/s1. The van der Waals surface area contributed by atoms with Gasteiger partial charge in [-0.05, 0) is 27.2 Å². The largest absolute Gasteiger partial charge is 0.469 e. The van der Waals surface area contributed by atoms with Crippen LogP contribution in [0.4, 0.5) is 0 Å². The highest BCUT2D eigenvalue weighted by Crippen LogP contribution is 2.20. The summed E-state index contributed by atoms with van der Waals surface area (Å²) >= 11 is 0.924. The molecule has 0 saturated carbocycles. The molecule has 0 aromatic rings. The molecule has 28 heavy (non-hydrogen) atoms. The van der Waals surface area contributed by atoms with Crippen LogP contribution in [0.5, 0.6) is 0 Å². The fourth-order valence-electron chi connectivity index (χ4n) is 2.37. The van der Waals surface area contributed by atoms with E-state index in [4.69, 9.17) is 5.73 Å². The highest BCUT2D eigenvalue weighted by molar-refractivity contribution is 8.13. The second kappa shape index (κ2) is 11.5. The number of thioether (sulfide) groups is 1. The van der Waals surface area contributed by atoms with E-state index < -0.39 is 29.4 Å². The average Bonchev–Trinajstić information content (AvgIpc) is 2.58. The van der Waals surface area contributed by atoms with Gasteiger partial charge in [0.25, 0.3) is 0 Å². The van der Waals surface area contributed by atoms with Gasteiger partial charge in [0.1, 0.15) is 0 Å². The number of nitrogens with two attached hydrogens (primary N) is 1. The first-order chi connectivity index (χ1) is 12.7. The molecule has 9 heteroatoms. The number of ketones is 1. The Morgan fingerprint density at radius 1 is 1.04 bits per heavy atom. The van der Waals surface area contributed by atoms with Gasteiger partial charge < -0.3 is 21.1 Å². The molecule has 0 rings (SSSR count). The molecule has 0 aliphatic heterocycles. The third-order valence-corrected chi connectivity index (χ3v) is 4.73. The predicted molar refractivity (Wildman–Crippen MR) is 111 cm³/mol. The zero-order valence-corrected chi connectivity index (χ0v) is 18.8. The predicted octanol–water partition coefficient (Wildman–Crippen LogP) is 1.01. The molecular formula is C19H35N3O5S. The molecule has 2 atom stereocenters. The Morgan fingerprint density at radius 3 is 2.04 bits per heavy atom. The van der Waals surface area contributed by atoms with Gasteiger partial charge in [-0.1, -0.05) is 32.5 Å². The number of carbonyl (C=O) groups is 4. The van der Waals surface area contributed by atoms with Crippen LogP contribution in [0.15, 0.2) is 0 Å². The zero-order chi connectivity index (χ0) is 22.1. The van der Waals surface area contributed by atoms with Crippen LogP contribution < -0.4 is 16.4 Å². The Labute approximate surface area is 172 Å². The van der Waals surface area contributed by atoms with E-state index in [0.717, 1.165) is 11.8 Å². The number of esters is 1. The summed E-state index contributed by atoms with van der Waals surface area (Å²) in [6.45, 7) is 10.8. The van der Waals surface area contributed by atoms with Crippen molar-refractivity contribution in [2.24, 2.45) is 11.1 Å². The van der Waals surface area contributed by atoms with Crippen molar-refractivity contribution in [2.75, 3.05) is 19.4 Å². The second-order valence-electron chi connectivity index (χ2n) is 8.62. The van der Waals surface area contributed by atoms with Gasteiger partial charge in [0.05, 0.1) is 25.7 Å². The number of Topliss-reactive ketones (excluding diaryl/α,β-unsaturated/α-hetero) is 1. The first-order valence-corrected chi connectivity index (χ1v) is 10.2. The summed E-state index contributed by atoms with van der Waals surface area (Å²) < 4.78 is 4.65. The SMILES string of the molecule is COC(=O)CC[C@H](NC(C)(C)C)C(=O)NC(CSC(=O)CN)C(=O)C(C)(C)C. The van der Waals surface area contributed by atoms with Gasteiger partial charge in [-0.2, -0.15) is 0 Å². The third-order valence-electron chi connectivity index (χ3n) is 3.74. The first-order valence-electron chi connectivity index (χ1n) is 9.26. The van der Waals surface area contributed by atoms with Crippen molar-refractivity contribution in [1.82, 2.24) is 10.6 Å². The lowest BCUT2D eigenvalue weighted by Gasteiger charge is -2.30. The fourth-order valence-corrected chi connectivity index (χ4v) is 3.07. The minimum atomic E-state index is -0.838. The van der Waals surface area contributed by atoms with E-state index >= 15 is 0 Å². The molecule has 4 N–H and O–H groups in total. The zero-order valence-electron chi connectivity index (χ0n) is 18.0. The number of methoxy groups -OCH3 is 1. The molecule has 1 unspecified atom stereocenters. The van der Waals surface area contributed by atoms with Gasteiger partial charge in [-0.3, -0.25) is 19.2 Å². The highest BCUT2D eigenvalue weighted by atomic mass is 32.2. The molecule has 1 amide bonds. The van der Waals surface area contributed by atoms with E-state index in [2.05, 4.69) is 15.4 Å². The van der Waals surface area contributed by atoms with Crippen LogP contribution in [0.25, 0.3) is 0 Å². The van der Waals surface area contributed by atoms with Crippen molar-refractivity contribution in [2.45, 2.75) is 72.0 Å². The van der Waals surface area contributed by atoms with Crippen LogP contribution >= 0.6 is 11.8 Å². The van der Waals surface area contributed by atoms with E-state index in [9.17, 15) is 19.2 Å². The maximum Gasteiger partial charge on any atom is 0.305 e. The minimum absolute atomic E-state index is 0.0654. The highest BCUT2D eigenvalue weighted by Gasteiger charge is 2.33. The normalized spacial score (nSPS) is 14.1. The molecule has 8 nitrogen and oxygen atoms in total. The van der Waals surface area contributed by atoms with Crippen LogP contribution in [0.2, 0.25) is 0 Å². The Kier molecular flexibility index (Phi) is 10.9. The van der Waals surface area contributed by atoms with E-state index in [1.165, 1.54) is 7.11 Å². The smallest absolute Gasteiger partial charge is 0.305 e. The molecule has 0 aliphatic carbocycles. The lowest BCUT2D eigenvalue weighted by Crippen LogP contribution is -2.56. The van der Waals surface area contributed by atoms with E-state index in [0.29, 0.717) is 0 Å². The van der Waals surface area contributed by atoms with Crippen LogP contribution in [0.3, 0.4) is 0 Å². The molecule has 0 saturated heterocycles. The van der Waals surface area contributed by atoms with Gasteiger partial charge in [-0.25, -0.2) is 0 Å². The van der Waals surface area contributed by atoms with Gasteiger partial charge >= 0.3 is 5.97 Å². The summed E-state index contributed by atoms with van der Waals surface area (Å²) in [5.41, 5.74) is 4.25. The lowest BCUT2D eigenvalue weighted by molar-refractivity contribution is -0.141. The molecule has 0 radical (unpaired) electrons. The molecule has 0 bridgehead atoms. The number of rotatable bonds is 10. The van der Waals surface area contributed by atoms with Crippen LogP contribution in [-0.2, 0) is 23.9 Å². The summed E-state index contributed by atoms with van der Waals surface area (Å²) in [6.07, 6.45) is 0.289. The van der Waals surface area contributed by atoms with Gasteiger partial charge in [0, 0.05) is 23.1 Å². The number of hydrogen-bond donors (Lipinski definition) is 3. The molecule has 0 spiro atoms. The molecule has 0 aromatic heterocycles. The van der Waals surface area contributed by atoms with Crippen LogP contribution in [0, 0.1) is 5.41 Å². The van der Waals surface area contributed by atoms with Crippen molar-refractivity contribution in [3.05, 3.63) is 0 Å². The number of amides is 1. The fraction of sp³-hybridized carbons (Fsp3) is 0.789. The molecule has 0 heterocycles. The van der Waals surface area contributed by atoms with Gasteiger partial charge in [0.15, 0.2) is 5.78 Å². The molecule has 162 valence electrons. The van der Waals surface area contributed by atoms with Crippen LogP contribution in [-0.4, -0.2) is 59.8 Å². The Bertz CT molecular complexity index is 567. The summed E-state index contributed by atoms with van der Waals surface area (Å²) in [5, 5.41) is 5.67. The molecule has 0 aromatic carbocycles. The van der Waals surface area contributed by atoms with Crippen molar-refractivity contribution in [3.63, 3.8) is 0 Å². The number of nitrogens with one attached hydrogen (secondary N) is 2. The second-order valence-corrected chi connectivity index (χ2v) is 9.70. The van der Waals surface area contributed by atoms with Crippen LogP contribution in [0.1, 0.15) is 54.4 Å². The monoisotopic (exact) mass is 417 g/mol. The van der Waals surface area contributed by atoms with E-state index in [-0.39, 0.29) is 41.6 Å². The summed E-state index contributed by atoms with van der Waals surface area (Å²) in [4.78, 5) is 48.7. The minimum Gasteiger partial charge on any atom is -0.469 e. The third kappa shape index (κ3) is 10.8. The molecule has 0 fully saturated rings. The Hall–Kier alpha value is -1.45. The summed E-state index contributed by atoms with van der Waals surface area (Å²) in [5.74, 6) is -0.889.